The first-order valence-electron chi connectivity index (χ1n) is 9.91. The summed E-state index contributed by atoms with van der Waals surface area (Å²) in [5.41, 5.74) is 4.16. The van der Waals surface area contributed by atoms with Gasteiger partial charge in [0.25, 0.3) is 5.91 Å². The minimum absolute atomic E-state index is 0.0629. The Hall–Kier alpha value is -1.85. The summed E-state index contributed by atoms with van der Waals surface area (Å²) in [5.74, 6) is 0.0629. The van der Waals surface area contributed by atoms with Crippen molar-refractivity contribution in [3.63, 3.8) is 0 Å². The van der Waals surface area contributed by atoms with Crippen LogP contribution >= 0.6 is 24.0 Å². The lowest BCUT2D eigenvalue weighted by molar-refractivity contribution is 0.0975. The summed E-state index contributed by atoms with van der Waals surface area (Å²) in [7, 11) is 0. The summed E-state index contributed by atoms with van der Waals surface area (Å²) in [4.78, 5) is 17.5. The molecule has 3 nitrogen and oxygen atoms in total. The third-order valence-electron chi connectivity index (χ3n) is 5.29. The molecule has 0 aromatic heterocycles. The Bertz CT molecular complexity index is 849. The van der Waals surface area contributed by atoms with Gasteiger partial charge in [0.2, 0.25) is 0 Å². The second kappa shape index (κ2) is 9.10. The van der Waals surface area contributed by atoms with Crippen LogP contribution in [0.2, 0.25) is 0 Å². The molecule has 1 heterocycles. The standard InChI is InChI=1S/C23H28N2OS2/c1-5-24(6-2)23(27)28-21-15-17(4)25(20-13-12-16(3)14-19(20)21)22(26)18-10-8-7-9-11-18/h7-14,17,21H,5-6,15H2,1-4H3/t17-,21-/m0/s1. The molecule has 2 atom stereocenters. The zero-order valence-electron chi connectivity index (χ0n) is 17.0. The van der Waals surface area contributed by atoms with E-state index in [1.165, 1.54) is 11.1 Å². The lowest BCUT2D eigenvalue weighted by Crippen LogP contribution is -2.43. The largest absolute Gasteiger partial charge is 0.358 e. The van der Waals surface area contributed by atoms with Crippen molar-refractivity contribution in [3.8, 4) is 0 Å². The fraction of sp³-hybridized carbons (Fsp3) is 0.391. The summed E-state index contributed by atoms with van der Waals surface area (Å²) >= 11 is 7.48. The van der Waals surface area contributed by atoms with Gasteiger partial charge < -0.3 is 9.80 Å². The van der Waals surface area contributed by atoms with E-state index in [4.69, 9.17) is 12.2 Å². The van der Waals surface area contributed by atoms with Crippen LogP contribution in [0.25, 0.3) is 0 Å². The van der Waals surface area contributed by atoms with Gasteiger partial charge in [0, 0.05) is 35.6 Å². The molecule has 0 spiro atoms. The molecule has 28 heavy (non-hydrogen) atoms. The van der Waals surface area contributed by atoms with Crippen LogP contribution in [-0.2, 0) is 0 Å². The van der Waals surface area contributed by atoms with E-state index >= 15 is 0 Å². The van der Waals surface area contributed by atoms with Gasteiger partial charge in [0.1, 0.15) is 4.32 Å². The Morgan fingerprint density at radius 2 is 1.86 bits per heavy atom. The van der Waals surface area contributed by atoms with E-state index in [9.17, 15) is 4.79 Å². The van der Waals surface area contributed by atoms with Gasteiger partial charge in [-0.3, -0.25) is 4.79 Å². The number of thiocarbonyl (C=S) groups is 1. The number of nitrogens with zero attached hydrogens (tertiary/aromatic N) is 2. The molecule has 2 aromatic carbocycles. The van der Waals surface area contributed by atoms with Crippen molar-refractivity contribution in [1.82, 2.24) is 4.90 Å². The van der Waals surface area contributed by atoms with Crippen LogP contribution in [0, 0.1) is 6.92 Å². The van der Waals surface area contributed by atoms with Crippen LogP contribution in [-0.4, -0.2) is 34.3 Å². The number of hydrogen-bond acceptors (Lipinski definition) is 3. The number of aryl methyl sites for hydroxylation is 1. The van der Waals surface area contributed by atoms with Crippen LogP contribution < -0.4 is 4.90 Å². The minimum Gasteiger partial charge on any atom is -0.358 e. The Kier molecular flexibility index (Phi) is 6.78. The summed E-state index contributed by atoms with van der Waals surface area (Å²) in [5, 5.41) is 0.262. The second-order valence-corrected chi connectivity index (χ2v) is 9.07. The number of thioether (sulfide) groups is 1. The Labute approximate surface area is 178 Å². The van der Waals surface area contributed by atoms with Gasteiger partial charge in [0.15, 0.2) is 0 Å². The van der Waals surface area contributed by atoms with Crippen LogP contribution in [0.1, 0.15) is 53.9 Å². The highest BCUT2D eigenvalue weighted by Crippen LogP contribution is 2.46. The number of amides is 1. The van der Waals surface area contributed by atoms with Crippen molar-refractivity contribution < 1.29 is 4.79 Å². The van der Waals surface area contributed by atoms with E-state index in [0.29, 0.717) is 0 Å². The lowest BCUT2D eigenvalue weighted by Gasteiger charge is -2.40. The van der Waals surface area contributed by atoms with Crippen molar-refractivity contribution >= 4 is 39.9 Å². The molecule has 5 heteroatoms. The molecule has 3 rings (SSSR count). The van der Waals surface area contributed by atoms with E-state index < -0.39 is 0 Å². The smallest absolute Gasteiger partial charge is 0.258 e. The second-order valence-electron chi connectivity index (χ2n) is 7.23. The van der Waals surface area contributed by atoms with Gasteiger partial charge >= 0.3 is 0 Å². The van der Waals surface area contributed by atoms with Crippen molar-refractivity contribution in [3.05, 3.63) is 65.2 Å². The molecule has 0 fully saturated rings. The first kappa shape index (κ1) is 20.9. The first-order valence-corrected chi connectivity index (χ1v) is 11.2. The minimum atomic E-state index is 0.0629. The summed E-state index contributed by atoms with van der Waals surface area (Å²) in [6.45, 7) is 10.4. The van der Waals surface area contributed by atoms with Crippen LogP contribution in [0.4, 0.5) is 5.69 Å². The van der Waals surface area contributed by atoms with Crippen molar-refractivity contribution in [2.45, 2.75) is 45.4 Å². The highest BCUT2D eigenvalue weighted by atomic mass is 32.2. The zero-order chi connectivity index (χ0) is 20.3. The molecule has 0 saturated carbocycles. The summed E-state index contributed by atoms with van der Waals surface area (Å²) < 4.78 is 0.942. The van der Waals surface area contributed by atoms with Gasteiger partial charge in [-0.25, -0.2) is 0 Å². The quantitative estimate of drug-likeness (QED) is 0.589. The monoisotopic (exact) mass is 412 g/mol. The van der Waals surface area contributed by atoms with E-state index in [2.05, 4.69) is 50.8 Å². The van der Waals surface area contributed by atoms with Gasteiger partial charge in [-0.1, -0.05) is 59.9 Å². The SMILES string of the molecule is CCN(CC)C(=S)S[C@H]1C[C@H](C)N(C(=O)c2ccccc2)c2ccc(C)cc21. The predicted molar refractivity (Wildman–Crippen MR) is 124 cm³/mol. The molecular formula is C23H28N2OS2. The fourth-order valence-corrected chi connectivity index (χ4v) is 5.70. The van der Waals surface area contributed by atoms with Crippen molar-refractivity contribution in [2.24, 2.45) is 0 Å². The Morgan fingerprint density at radius 3 is 2.50 bits per heavy atom. The highest BCUT2D eigenvalue weighted by Gasteiger charge is 2.35. The maximum absolute atomic E-state index is 13.3. The number of fused-ring (bicyclic) bond motifs is 1. The van der Waals surface area contributed by atoms with Gasteiger partial charge in [-0.15, -0.1) is 0 Å². The van der Waals surface area contributed by atoms with E-state index in [-0.39, 0.29) is 17.2 Å². The normalized spacial score (nSPS) is 18.5. The molecule has 1 amide bonds. The van der Waals surface area contributed by atoms with E-state index in [1.54, 1.807) is 11.8 Å². The molecule has 0 N–H and O–H groups in total. The van der Waals surface area contributed by atoms with Crippen molar-refractivity contribution in [1.29, 1.82) is 0 Å². The predicted octanol–water partition coefficient (Wildman–Crippen LogP) is 5.84. The third-order valence-corrected chi connectivity index (χ3v) is 7.03. The Balaban J connectivity index is 1.96. The van der Waals surface area contributed by atoms with E-state index in [0.717, 1.165) is 35.1 Å². The number of benzene rings is 2. The number of hydrogen-bond donors (Lipinski definition) is 0. The maximum atomic E-state index is 13.3. The number of carbonyl (C=O) groups is 1. The lowest BCUT2D eigenvalue weighted by atomic mass is 9.94. The fourth-order valence-electron chi connectivity index (χ4n) is 3.75. The van der Waals surface area contributed by atoms with Gasteiger partial charge in [0.05, 0.1) is 0 Å². The molecule has 148 valence electrons. The van der Waals surface area contributed by atoms with Crippen LogP contribution in [0.15, 0.2) is 48.5 Å². The number of anilines is 1. The molecular weight excluding hydrogens is 384 g/mol. The maximum Gasteiger partial charge on any atom is 0.258 e. The molecule has 0 unspecified atom stereocenters. The van der Waals surface area contributed by atoms with Gasteiger partial charge in [-0.2, -0.15) is 0 Å². The van der Waals surface area contributed by atoms with Crippen LogP contribution in [0.5, 0.6) is 0 Å². The average Bonchev–Trinajstić information content (AvgIpc) is 2.69. The molecule has 1 aliphatic rings. The summed E-state index contributed by atoms with van der Waals surface area (Å²) in [6, 6.07) is 16.1. The number of rotatable bonds is 4. The van der Waals surface area contributed by atoms with E-state index in [1.807, 2.05) is 35.2 Å². The third kappa shape index (κ3) is 4.26. The Morgan fingerprint density at radius 1 is 1.18 bits per heavy atom. The highest BCUT2D eigenvalue weighted by molar-refractivity contribution is 8.23. The molecule has 1 aliphatic heterocycles. The molecule has 0 aliphatic carbocycles. The van der Waals surface area contributed by atoms with Crippen molar-refractivity contribution in [2.75, 3.05) is 18.0 Å². The molecule has 0 saturated heterocycles. The first-order chi connectivity index (χ1) is 13.5. The molecule has 2 aromatic rings. The van der Waals surface area contributed by atoms with Crippen LogP contribution in [0.3, 0.4) is 0 Å². The average molecular weight is 413 g/mol. The molecule has 0 bridgehead atoms. The zero-order valence-corrected chi connectivity index (χ0v) is 18.6. The van der Waals surface area contributed by atoms with Gasteiger partial charge in [-0.05, 0) is 57.9 Å². The topological polar surface area (TPSA) is 23.6 Å². The summed E-state index contributed by atoms with van der Waals surface area (Å²) in [6.07, 6.45) is 0.890. The molecule has 0 radical (unpaired) electrons. The number of carbonyl (C=O) groups excluding carboxylic acids is 1.